The molecule has 1 heterocycles. The maximum Gasteiger partial charge on any atom is 0.329 e. The summed E-state index contributed by atoms with van der Waals surface area (Å²) < 4.78 is 5.26. The van der Waals surface area contributed by atoms with E-state index >= 15 is 0 Å². The first-order valence-corrected chi connectivity index (χ1v) is 12.9. The number of rotatable bonds is 6. The Bertz CT molecular complexity index is 1340. The molecule has 1 fully saturated rings. The van der Waals surface area contributed by atoms with Crippen molar-refractivity contribution in [2.75, 3.05) is 6.61 Å². The van der Waals surface area contributed by atoms with Crippen molar-refractivity contribution < 1.29 is 23.9 Å². The standard InChI is InChI=1S/C31H28N2O5/c1-17(19-10-4-3-5-11-19)32-24(34)16-38-31(37)18(2)33-29(35)27-25-20-12-6-7-13-21(20)26(28(27)30(33)36)23-15-9-8-14-22(23)25/h3-15,17-18,25-28H,16H2,1-2H3,(H,32,34)/t17-,18+,25?,26?,27-,28+/m0/s1. The van der Waals surface area contributed by atoms with Gasteiger partial charge in [-0.2, -0.15) is 0 Å². The average Bonchev–Trinajstić information content (AvgIpc) is 3.21. The Balaban J connectivity index is 1.19. The summed E-state index contributed by atoms with van der Waals surface area (Å²) in [7, 11) is 0. The molecule has 7 heteroatoms. The number of carbonyl (C=O) groups excluding carboxylic acids is 4. The SMILES string of the molecule is C[C@H](NC(=O)COC(=O)[C@@H](C)N1C(=O)[C@@H]2C3c4ccccc4C(c4ccccc43)[C@@H]2C1=O)c1ccccc1. The molecule has 3 aromatic rings. The molecule has 0 spiro atoms. The predicted molar refractivity (Wildman–Crippen MR) is 139 cm³/mol. The molecule has 1 saturated heterocycles. The highest BCUT2D eigenvalue weighted by molar-refractivity contribution is 6.10. The van der Waals surface area contributed by atoms with Crippen molar-refractivity contribution in [2.24, 2.45) is 11.8 Å². The molecule has 4 atom stereocenters. The van der Waals surface area contributed by atoms with Crippen LogP contribution in [0.1, 0.15) is 59.5 Å². The highest BCUT2D eigenvalue weighted by Crippen LogP contribution is 2.61. The molecule has 7 nitrogen and oxygen atoms in total. The van der Waals surface area contributed by atoms with E-state index in [0.717, 1.165) is 32.7 Å². The van der Waals surface area contributed by atoms with E-state index < -0.39 is 36.4 Å². The maximum atomic E-state index is 13.8. The third kappa shape index (κ3) is 3.64. The Morgan fingerprint density at radius 2 is 1.21 bits per heavy atom. The number of carbonyl (C=O) groups is 4. The minimum atomic E-state index is -1.13. The van der Waals surface area contributed by atoms with Gasteiger partial charge in [0.05, 0.1) is 17.9 Å². The van der Waals surface area contributed by atoms with Gasteiger partial charge in [-0.05, 0) is 41.7 Å². The van der Waals surface area contributed by atoms with Crippen LogP contribution < -0.4 is 5.32 Å². The summed E-state index contributed by atoms with van der Waals surface area (Å²) in [6, 6.07) is 24.0. The normalized spacial score (nSPS) is 24.2. The van der Waals surface area contributed by atoms with Crippen LogP contribution in [0.4, 0.5) is 0 Å². The molecule has 3 amide bonds. The summed E-state index contributed by atoms with van der Waals surface area (Å²) in [6.45, 7) is 2.83. The molecule has 3 aromatic carbocycles. The quantitative estimate of drug-likeness (QED) is 0.405. The van der Waals surface area contributed by atoms with Crippen molar-refractivity contribution in [1.29, 1.82) is 0 Å². The van der Waals surface area contributed by atoms with E-state index in [1.807, 2.05) is 85.8 Å². The van der Waals surface area contributed by atoms with Crippen LogP contribution in [-0.4, -0.2) is 41.2 Å². The van der Waals surface area contributed by atoms with Gasteiger partial charge in [-0.1, -0.05) is 78.9 Å². The predicted octanol–water partition coefficient (Wildman–Crippen LogP) is 3.69. The second kappa shape index (κ2) is 9.24. The van der Waals surface area contributed by atoms with Crippen LogP contribution in [0, 0.1) is 11.8 Å². The van der Waals surface area contributed by atoms with Crippen molar-refractivity contribution >= 4 is 23.7 Å². The molecule has 2 bridgehead atoms. The molecule has 1 N–H and O–H groups in total. The zero-order valence-electron chi connectivity index (χ0n) is 21.2. The molecular formula is C31H28N2O5. The maximum absolute atomic E-state index is 13.8. The van der Waals surface area contributed by atoms with Gasteiger partial charge in [0.2, 0.25) is 11.8 Å². The molecule has 0 unspecified atom stereocenters. The van der Waals surface area contributed by atoms with Gasteiger partial charge in [0.25, 0.3) is 5.91 Å². The van der Waals surface area contributed by atoms with E-state index in [0.29, 0.717) is 0 Å². The van der Waals surface area contributed by atoms with Crippen molar-refractivity contribution in [3.05, 3.63) is 107 Å². The lowest BCUT2D eigenvalue weighted by molar-refractivity contribution is -0.159. The zero-order chi connectivity index (χ0) is 26.6. The largest absolute Gasteiger partial charge is 0.454 e. The fourth-order valence-corrected chi connectivity index (χ4v) is 6.55. The number of imide groups is 1. The number of esters is 1. The number of likely N-dealkylation sites (tertiary alicyclic amines) is 1. The number of amides is 3. The van der Waals surface area contributed by atoms with E-state index in [2.05, 4.69) is 5.32 Å². The third-order valence-electron chi connectivity index (χ3n) is 8.23. The van der Waals surface area contributed by atoms with Gasteiger partial charge in [-0.25, -0.2) is 4.79 Å². The number of hydrogen-bond donors (Lipinski definition) is 1. The molecular weight excluding hydrogens is 480 g/mol. The van der Waals surface area contributed by atoms with E-state index in [9.17, 15) is 19.2 Å². The third-order valence-corrected chi connectivity index (χ3v) is 8.23. The average molecular weight is 509 g/mol. The molecule has 4 aliphatic rings. The lowest BCUT2D eigenvalue weighted by Crippen LogP contribution is -2.45. The van der Waals surface area contributed by atoms with Crippen LogP contribution >= 0.6 is 0 Å². The number of ether oxygens (including phenoxy) is 1. The Morgan fingerprint density at radius 3 is 1.68 bits per heavy atom. The highest BCUT2D eigenvalue weighted by Gasteiger charge is 2.62. The van der Waals surface area contributed by atoms with Crippen LogP contribution in [0.5, 0.6) is 0 Å². The fourth-order valence-electron chi connectivity index (χ4n) is 6.55. The molecule has 192 valence electrons. The molecule has 38 heavy (non-hydrogen) atoms. The van der Waals surface area contributed by atoms with Crippen molar-refractivity contribution in [2.45, 2.75) is 37.8 Å². The summed E-state index contributed by atoms with van der Waals surface area (Å²) in [6.07, 6.45) is 0. The van der Waals surface area contributed by atoms with Crippen LogP contribution in [0.2, 0.25) is 0 Å². The topological polar surface area (TPSA) is 92.8 Å². The first-order chi connectivity index (χ1) is 18.4. The summed E-state index contributed by atoms with van der Waals surface area (Å²) in [4.78, 5) is 54.0. The summed E-state index contributed by atoms with van der Waals surface area (Å²) in [5.74, 6) is -3.57. The Labute approximate surface area is 220 Å². The minimum Gasteiger partial charge on any atom is -0.454 e. The van der Waals surface area contributed by atoms with Gasteiger partial charge in [0.15, 0.2) is 6.61 Å². The van der Waals surface area contributed by atoms with Gasteiger partial charge in [0, 0.05) is 11.8 Å². The van der Waals surface area contributed by atoms with Crippen molar-refractivity contribution in [1.82, 2.24) is 10.2 Å². The second-order valence-corrected chi connectivity index (χ2v) is 10.3. The molecule has 1 aliphatic heterocycles. The van der Waals surface area contributed by atoms with Gasteiger partial charge in [-0.3, -0.25) is 19.3 Å². The summed E-state index contributed by atoms with van der Waals surface area (Å²) >= 11 is 0. The van der Waals surface area contributed by atoms with Gasteiger partial charge < -0.3 is 10.1 Å². The number of nitrogens with one attached hydrogen (secondary N) is 1. The zero-order valence-corrected chi connectivity index (χ0v) is 21.2. The van der Waals surface area contributed by atoms with Crippen LogP contribution in [0.25, 0.3) is 0 Å². The molecule has 3 aliphatic carbocycles. The fraction of sp³-hybridized carbons (Fsp3) is 0.290. The molecule has 0 radical (unpaired) electrons. The Hall–Kier alpha value is -4.26. The molecule has 0 aromatic heterocycles. The van der Waals surface area contributed by atoms with Crippen LogP contribution in [0.3, 0.4) is 0 Å². The van der Waals surface area contributed by atoms with Crippen molar-refractivity contribution in [3.8, 4) is 0 Å². The van der Waals surface area contributed by atoms with E-state index in [1.165, 1.54) is 6.92 Å². The van der Waals surface area contributed by atoms with Gasteiger partial charge >= 0.3 is 5.97 Å². The van der Waals surface area contributed by atoms with Gasteiger partial charge in [0.1, 0.15) is 6.04 Å². The lowest BCUT2D eigenvalue weighted by atomic mass is 9.55. The van der Waals surface area contributed by atoms with Gasteiger partial charge in [-0.15, -0.1) is 0 Å². The lowest BCUT2D eigenvalue weighted by Gasteiger charge is -2.45. The van der Waals surface area contributed by atoms with Crippen molar-refractivity contribution in [3.63, 3.8) is 0 Å². The van der Waals surface area contributed by atoms with Crippen LogP contribution in [0.15, 0.2) is 78.9 Å². The number of hydrogen-bond acceptors (Lipinski definition) is 5. The van der Waals surface area contributed by atoms with Crippen LogP contribution in [-0.2, 0) is 23.9 Å². The monoisotopic (exact) mass is 508 g/mol. The van der Waals surface area contributed by atoms with E-state index in [1.54, 1.807) is 0 Å². The molecule has 7 rings (SSSR count). The Kier molecular flexibility index (Phi) is 5.86. The summed E-state index contributed by atoms with van der Waals surface area (Å²) in [5, 5.41) is 2.79. The summed E-state index contributed by atoms with van der Waals surface area (Å²) in [5.41, 5.74) is 5.20. The number of benzene rings is 3. The number of nitrogens with zero attached hydrogens (tertiary/aromatic N) is 1. The Morgan fingerprint density at radius 1 is 0.763 bits per heavy atom. The van der Waals surface area contributed by atoms with E-state index in [4.69, 9.17) is 4.74 Å². The second-order valence-electron chi connectivity index (χ2n) is 10.3. The smallest absolute Gasteiger partial charge is 0.329 e. The van der Waals surface area contributed by atoms with E-state index in [-0.39, 0.29) is 29.7 Å². The highest BCUT2D eigenvalue weighted by atomic mass is 16.5. The first-order valence-electron chi connectivity index (χ1n) is 12.9. The minimum absolute atomic E-state index is 0.243. The first kappa shape index (κ1) is 24.1. The molecule has 0 saturated carbocycles.